The number of halogens is 1. The molecular weight excluding hydrogens is 298 g/mol. The first-order valence-electron chi connectivity index (χ1n) is 5.13. The summed E-state index contributed by atoms with van der Waals surface area (Å²) in [5.41, 5.74) is 3.37. The minimum atomic E-state index is 0.515. The molecular formula is C11H12BrN5O. The molecule has 0 fully saturated rings. The van der Waals surface area contributed by atoms with Crippen molar-refractivity contribution in [2.24, 2.45) is 5.84 Å². The molecule has 0 bridgehead atoms. The maximum absolute atomic E-state index is 5.34. The second-order valence-corrected chi connectivity index (χ2v) is 4.18. The Morgan fingerprint density at radius 3 is 2.44 bits per heavy atom. The summed E-state index contributed by atoms with van der Waals surface area (Å²) >= 11 is 3.37. The molecule has 2 rings (SSSR count). The molecule has 0 amide bonds. The first-order chi connectivity index (χ1) is 8.74. The van der Waals surface area contributed by atoms with Crippen molar-refractivity contribution in [1.82, 2.24) is 9.97 Å². The number of hydrazine groups is 1. The zero-order valence-corrected chi connectivity index (χ0v) is 11.2. The molecule has 18 heavy (non-hydrogen) atoms. The number of nitrogens with zero attached hydrogens (tertiary/aromatic N) is 2. The number of aromatic nitrogens is 2. The van der Waals surface area contributed by atoms with Crippen LogP contribution >= 0.6 is 15.9 Å². The minimum absolute atomic E-state index is 0.515. The Bertz CT molecular complexity index is 531. The average Bonchev–Trinajstić information content (AvgIpc) is 2.42. The van der Waals surface area contributed by atoms with Gasteiger partial charge in [-0.15, -0.1) is 0 Å². The zero-order valence-electron chi connectivity index (χ0n) is 9.64. The van der Waals surface area contributed by atoms with Crippen LogP contribution in [-0.2, 0) is 0 Å². The lowest BCUT2D eigenvalue weighted by atomic mass is 10.3. The number of benzene rings is 1. The summed E-state index contributed by atoms with van der Waals surface area (Å²) in [6.45, 7) is 0. The van der Waals surface area contributed by atoms with Crippen LogP contribution in [0.5, 0.6) is 5.75 Å². The van der Waals surface area contributed by atoms with E-state index in [1.807, 2.05) is 24.3 Å². The van der Waals surface area contributed by atoms with E-state index in [0.717, 1.165) is 11.4 Å². The van der Waals surface area contributed by atoms with Gasteiger partial charge in [-0.05, 0) is 40.2 Å². The van der Waals surface area contributed by atoms with Gasteiger partial charge in [0.25, 0.3) is 0 Å². The quantitative estimate of drug-likeness (QED) is 0.593. The second-order valence-electron chi connectivity index (χ2n) is 3.38. The summed E-state index contributed by atoms with van der Waals surface area (Å²) in [6, 6.07) is 7.50. The molecule has 7 heteroatoms. The number of hydrogen-bond donors (Lipinski definition) is 3. The maximum Gasteiger partial charge on any atom is 0.159 e. The van der Waals surface area contributed by atoms with E-state index in [-0.39, 0.29) is 0 Å². The highest BCUT2D eigenvalue weighted by molar-refractivity contribution is 9.10. The zero-order chi connectivity index (χ0) is 13.0. The van der Waals surface area contributed by atoms with Gasteiger partial charge in [-0.2, -0.15) is 0 Å². The van der Waals surface area contributed by atoms with Gasteiger partial charge in [0.2, 0.25) is 0 Å². The van der Waals surface area contributed by atoms with Crippen molar-refractivity contribution in [3.05, 3.63) is 35.1 Å². The van der Waals surface area contributed by atoms with Crippen LogP contribution in [0.2, 0.25) is 0 Å². The fraction of sp³-hybridized carbons (Fsp3) is 0.0909. The van der Waals surface area contributed by atoms with Gasteiger partial charge in [-0.25, -0.2) is 15.8 Å². The number of hydrogen-bond acceptors (Lipinski definition) is 6. The molecule has 1 aromatic carbocycles. The molecule has 0 unspecified atom stereocenters. The molecule has 0 aliphatic carbocycles. The Morgan fingerprint density at radius 2 is 1.83 bits per heavy atom. The summed E-state index contributed by atoms with van der Waals surface area (Å²) in [5.74, 6) is 7.28. The Kier molecular flexibility index (Phi) is 3.96. The van der Waals surface area contributed by atoms with Gasteiger partial charge < -0.3 is 15.5 Å². The van der Waals surface area contributed by atoms with Gasteiger partial charge in [0.05, 0.1) is 7.11 Å². The van der Waals surface area contributed by atoms with Crippen LogP contribution in [0.4, 0.5) is 17.3 Å². The lowest BCUT2D eigenvalue weighted by molar-refractivity contribution is 0.415. The van der Waals surface area contributed by atoms with Crippen LogP contribution in [-0.4, -0.2) is 17.1 Å². The number of nitrogen functional groups attached to an aromatic ring is 1. The highest BCUT2D eigenvalue weighted by Crippen LogP contribution is 2.28. The van der Waals surface area contributed by atoms with Crippen molar-refractivity contribution < 1.29 is 4.74 Å². The average molecular weight is 310 g/mol. The van der Waals surface area contributed by atoms with Crippen molar-refractivity contribution in [2.75, 3.05) is 17.9 Å². The van der Waals surface area contributed by atoms with Crippen LogP contribution < -0.4 is 21.3 Å². The van der Waals surface area contributed by atoms with Crippen molar-refractivity contribution >= 4 is 33.3 Å². The molecule has 0 radical (unpaired) electrons. The number of ether oxygens (including phenoxy) is 1. The van der Waals surface area contributed by atoms with E-state index in [0.29, 0.717) is 16.1 Å². The van der Waals surface area contributed by atoms with Gasteiger partial charge in [0, 0.05) is 5.69 Å². The van der Waals surface area contributed by atoms with E-state index in [4.69, 9.17) is 10.6 Å². The number of nitrogens with one attached hydrogen (secondary N) is 2. The Balaban J connectivity index is 2.22. The third-order valence-electron chi connectivity index (χ3n) is 2.28. The number of methoxy groups -OCH3 is 1. The van der Waals surface area contributed by atoms with E-state index in [2.05, 4.69) is 36.6 Å². The van der Waals surface area contributed by atoms with Gasteiger partial charge in [-0.3, -0.25) is 0 Å². The smallest absolute Gasteiger partial charge is 0.159 e. The standard InChI is InChI=1S/C11H12BrN5O/c1-18-8-4-2-7(3-5-8)16-10-9(12)11(17-13)15-6-14-10/h2-6H,13H2,1H3,(H2,14,15,16,17). The highest BCUT2D eigenvalue weighted by Gasteiger charge is 2.07. The fourth-order valence-corrected chi connectivity index (χ4v) is 1.79. The van der Waals surface area contributed by atoms with Crippen molar-refractivity contribution in [2.45, 2.75) is 0 Å². The Morgan fingerprint density at radius 1 is 1.17 bits per heavy atom. The second kappa shape index (κ2) is 5.65. The molecule has 0 spiro atoms. The number of rotatable bonds is 4. The van der Waals surface area contributed by atoms with Gasteiger partial charge in [0.15, 0.2) is 5.82 Å². The number of nitrogens with two attached hydrogens (primary N) is 1. The highest BCUT2D eigenvalue weighted by atomic mass is 79.9. The van der Waals surface area contributed by atoms with Crippen LogP contribution in [0, 0.1) is 0 Å². The van der Waals surface area contributed by atoms with Crippen molar-refractivity contribution in [3.8, 4) is 5.75 Å². The molecule has 0 aliphatic heterocycles. The first-order valence-corrected chi connectivity index (χ1v) is 5.92. The minimum Gasteiger partial charge on any atom is -0.497 e. The Hall–Kier alpha value is -1.86. The van der Waals surface area contributed by atoms with Crippen LogP contribution in [0.3, 0.4) is 0 Å². The molecule has 0 saturated heterocycles. The molecule has 0 atom stereocenters. The monoisotopic (exact) mass is 309 g/mol. The SMILES string of the molecule is COc1ccc(Nc2ncnc(NN)c2Br)cc1. The predicted octanol–water partition coefficient (Wildman–Crippen LogP) is 2.28. The molecule has 0 saturated carbocycles. The first kappa shape index (κ1) is 12.6. The largest absolute Gasteiger partial charge is 0.497 e. The molecule has 4 N–H and O–H groups in total. The molecule has 6 nitrogen and oxygen atoms in total. The van der Waals surface area contributed by atoms with Crippen molar-refractivity contribution in [1.29, 1.82) is 0 Å². The summed E-state index contributed by atoms with van der Waals surface area (Å²) in [6.07, 6.45) is 1.42. The van der Waals surface area contributed by atoms with E-state index >= 15 is 0 Å². The van der Waals surface area contributed by atoms with E-state index in [1.54, 1.807) is 7.11 Å². The number of anilines is 3. The summed E-state index contributed by atoms with van der Waals surface area (Å²) in [7, 11) is 1.63. The maximum atomic E-state index is 5.34. The molecule has 94 valence electrons. The fourth-order valence-electron chi connectivity index (χ4n) is 1.37. The molecule has 0 aliphatic rings. The Labute approximate surface area is 113 Å². The summed E-state index contributed by atoms with van der Waals surface area (Å²) < 4.78 is 5.76. The summed E-state index contributed by atoms with van der Waals surface area (Å²) in [5, 5.41) is 3.15. The van der Waals surface area contributed by atoms with E-state index in [9.17, 15) is 0 Å². The van der Waals surface area contributed by atoms with Gasteiger partial charge in [0.1, 0.15) is 22.4 Å². The topological polar surface area (TPSA) is 85.1 Å². The van der Waals surface area contributed by atoms with E-state index < -0.39 is 0 Å². The third kappa shape index (κ3) is 2.69. The van der Waals surface area contributed by atoms with Gasteiger partial charge in [-0.1, -0.05) is 0 Å². The van der Waals surface area contributed by atoms with E-state index in [1.165, 1.54) is 6.33 Å². The molecule has 1 aromatic heterocycles. The van der Waals surface area contributed by atoms with Gasteiger partial charge >= 0.3 is 0 Å². The lowest BCUT2D eigenvalue weighted by Crippen LogP contribution is -2.10. The third-order valence-corrected chi connectivity index (χ3v) is 3.03. The normalized spacial score (nSPS) is 9.94. The van der Waals surface area contributed by atoms with Crippen LogP contribution in [0.25, 0.3) is 0 Å². The molecule has 1 heterocycles. The summed E-state index contributed by atoms with van der Waals surface area (Å²) in [4.78, 5) is 8.10. The molecule has 2 aromatic rings. The predicted molar refractivity (Wildman–Crippen MR) is 73.8 cm³/mol. The van der Waals surface area contributed by atoms with Crippen molar-refractivity contribution in [3.63, 3.8) is 0 Å². The van der Waals surface area contributed by atoms with Crippen LogP contribution in [0.15, 0.2) is 35.1 Å². The van der Waals surface area contributed by atoms with Crippen LogP contribution in [0.1, 0.15) is 0 Å². The lowest BCUT2D eigenvalue weighted by Gasteiger charge is -2.10.